The van der Waals surface area contributed by atoms with Gasteiger partial charge in [-0.2, -0.15) is 0 Å². The quantitative estimate of drug-likeness (QED) is 0.548. The van der Waals surface area contributed by atoms with Crippen molar-refractivity contribution in [3.05, 3.63) is 46.2 Å². The molecule has 0 bridgehead atoms. The largest absolute Gasteiger partial charge is 0.143 e. The topological polar surface area (TPSA) is 0 Å². The van der Waals surface area contributed by atoms with Crippen molar-refractivity contribution in [2.75, 3.05) is 0 Å². The molecule has 0 aliphatic heterocycles. The van der Waals surface area contributed by atoms with E-state index in [1.165, 1.54) is 30.6 Å². The van der Waals surface area contributed by atoms with Crippen LogP contribution in [-0.4, -0.2) is 0 Å². The second kappa shape index (κ2) is 5.00. The van der Waals surface area contributed by atoms with Crippen LogP contribution in [0.3, 0.4) is 0 Å². The van der Waals surface area contributed by atoms with Gasteiger partial charge in [0.05, 0.1) is 0 Å². The monoisotopic (exact) mass is 290 g/mol. The number of rotatable bonds is 3. The average Bonchev–Trinajstić information content (AvgIpc) is 3.06. The molecule has 0 amide bonds. The summed E-state index contributed by atoms with van der Waals surface area (Å²) in [6.45, 7) is 4.41. The molecule has 0 aliphatic rings. The molecule has 3 heterocycles. The second-order valence-corrected chi connectivity index (χ2v) is 7.14. The zero-order valence-corrected chi connectivity index (χ0v) is 12.8. The summed E-state index contributed by atoms with van der Waals surface area (Å²) in [4.78, 5) is 5.67. The molecule has 0 aromatic carbocycles. The van der Waals surface area contributed by atoms with E-state index in [2.05, 4.69) is 48.9 Å². The van der Waals surface area contributed by atoms with E-state index in [0.29, 0.717) is 0 Å². The van der Waals surface area contributed by atoms with Crippen LogP contribution < -0.4 is 0 Å². The van der Waals surface area contributed by atoms with Crippen molar-refractivity contribution in [1.82, 2.24) is 0 Å². The maximum atomic E-state index is 2.27. The molecule has 92 valence electrons. The van der Waals surface area contributed by atoms with E-state index in [-0.39, 0.29) is 0 Å². The lowest BCUT2D eigenvalue weighted by Gasteiger charge is -1.97. The molecule has 0 unspecified atom stereocenters. The summed E-state index contributed by atoms with van der Waals surface area (Å²) in [7, 11) is 0. The van der Waals surface area contributed by atoms with Crippen LogP contribution in [0.1, 0.15) is 18.1 Å². The Hall–Kier alpha value is -0.900. The first-order chi connectivity index (χ1) is 8.79. The summed E-state index contributed by atoms with van der Waals surface area (Å²) in [6.07, 6.45) is 1.12. The molecule has 0 atom stereocenters. The minimum absolute atomic E-state index is 1.12. The lowest BCUT2D eigenvalue weighted by Crippen LogP contribution is -1.75. The van der Waals surface area contributed by atoms with E-state index < -0.39 is 0 Å². The van der Waals surface area contributed by atoms with Gasteiger partial charge < -0.3 is 0 Å². The summed E-state index contributed by atoms with van der Waals surface area (Å²) in [5.74, 6) is 0. The molecule has 0 nitrogen and oxygen atoms in total. The maximum Gasteiger partial charge on any atom is 0.0474 e. The van der Waals surface area contributed by atoms with Crippen LogP contribution in [0.15, 0.2) is 35.0 Å². The number of thiophene rings is 3. The molecule has 0 aliphatic carbocycles. The predicted octanol–water partition coefficient (Wildman–Crippen LogP) is 6.08. The Morgan fingerprint density at radius 2 is 1.56 bits per heavy atom. The van der Waals surface area contributed by atoms with Crippen LogP contribution in [0.2, 0.25) is 0 Å². The average molecular weight is 290 g/mol. The van der Waals surface area contributed by atoms with Crippen molar-refractivity contribution in [2.45, 2.75) is 20.3 Å². The SMILES string of the molecule is CCc1ccsc1-c1ccc(-c2sccc2C)s1. The summed E-state index contributed by atoms with van der Waals surface area (Å²) < 4.78 is 0. The van der Waals surface area contributed by atoms with E-state index >= 15 is 0 Å². The highest BCUT2D eigenvalue weighted by Crippen LogP contribution is 2.41. The summed E-state index contributed by atoms with van der Waals surface area (Å²) in [5, 5.41) is 4.37. The van der Waals surface area contributed by atoms with Crippen molar-refractivity contribution in [2.24, 2.45) is 0 Å². The van der Waals surface area contributed by atoms with Crippen LogP contribution in [0.25, 0.3) is 19.5 Å². The fourth-order valence-electron chi connectivity index (χ4n) is 2.04. The number of hydrogen-bond acceptors (Lipinski definition) is 3. The van der Waals surface area contributed by atoms with Gasteiger partial charge in [-0.05, 0) is 59.5 Å². The minimum Gasteiger partial charge on any atom is -0.143 e. The van der Waals surface area contributed by atoms with Crippen molar-refractivity contribution in [3.63, 3.8) is 0 Å². The van der Waals surface area contributed by atoms with Gasteiger partial charge in [0, 0.05) is 19.5 Å². The second-order valence-electron chi connectivity index (χ2n) is 4.23. The van der Waals surface area contributed by atoms with Gasteiger partial charge in [0.15, 0.2) is 0 Å². The molecule has 18 heavy (non-hydrogen) atoms. The molecule has 3 aromatic rings. The summed E-state index contributed by atoms with van der Waals surface area (Å²) >= 11 is 5.61. The number of aryl methyl sites for hydroxylation is 2. The van der Waals surface area contributed by atoms with Crippen molar-refractivity contribution in [3.8, 4) is 19.5 Å². The van der Waals surface area contributed by atoms with Gasteiger partial charge in [-0.15, -0.1) is 34.0 Å². The zero-order chi connectivity index (χ0) is 12.5. The van der Waals surface area contributed by atoms with E-state index in [0.717, 1.165) is 6.42 Å². The molecule has 0 fully saturated rings. The van der Waals surface area contributed by atoms with E-state index in [1.807, 2.05) is 34.0 Å². The third-order valence-electron chi connectivity index (χ3n) is 3.04. The Bertz CT molecular complexity index is 655. The third kappa shape index (κ3) is 2.07. The number of hydrogen-bond donors (Lipinski definition) is 0. The third-order valence-corrected chi connectivity index (χ3v) is 6.46. The zero-order valence-electron chi connectivity index (χ0n) is 10.4. The van der Waals surface area contributed by atoms with E-state index in [9.17, 15) is 0 Å². The highest BCUT2D eigenvalue weighted by Gasteiger charge is 2.11. The van der Waals surface area contributed by atoms with Crippen LogP contribution in [-0.2, 0) is 6.42 Å². The standard InChI is InChI=1S/C15H14S3/c1-3-11-7-9-17-15(11)13-5-4-12(18-13)14-10(2)6-8-16-14/h4-9H,3H2,1-2H3. The van der Waals surface area contributed by atoms with Gasteiger partial charge in [0.25, 0.3) is 0 Å². The Kier molecular flexibility index (Phi) is 3.37. The highest BCUT2D eigenvalue weighted by atomic mass is 32.1. The normalized spacial score (nSPS) is 11.0. The van der Waals surface area contributed by atoms with Crippen LogP contribution in [0.4, 0.5) is 0 Å². The molecule has 0 N–H and O–H groups in total. The smallest absolute Gasteiger partial charge is 0.0474 e. The van der Waals surface area contributed by atoms with Gasteiger partial charge in [-0.1, -0.05) is 6.92 Å². The molecule has 3 rings (SSSR count). The molecule has 3 heteroatoms. The molecule has 0 saturated heterocycles. The first-order valence-electron chi connectivity index (χ1n) is 6.00. The predicted molar refractivity (Wildman–Crippen MR) is 85.1 cm³/mol. The van der Waals surface area contributed by atoms with Gasteiger partial charge in [-0.3, -0.25) is 0 Å². The lowest BCUT2D eigenvalue weighted by molar-refractivity contribution is 1.16. The van der Waals surface area contributed by atoms with Crippen molar-refractivity contribution < 1.29 is 0 Å². The fourth-order valence-corrected chi connectivity index (χ4v) is 5.33. The first kappa shape index (κ1) is 12.2. The van der Waals surface area contributed by atoms with E-state index in [1.54, 1.807) is 0 Å². The molecule has 3 aromatic heterocycles. The van der Waals surface area contributed by atoms with Gasteiger partial charge >= 0.3 is 0 Å². The molecular weight excluding hydrogens is 276 g/mol. The highest BCUT2D eigenvalue weighted by molar-refractivity contribution is 7.25. The minimum atomic E-state index is 1.12. The van der Waals surface area contributed by atoms with E-state index in [4.69, 9.17) is 0 Å². The van der Waals surface area contributed by atoms with Crippen molar-refractivity contribution in [1.29, 1.82) is 0 Å². The Labute approximate surface area is 120 Å². The van der Waals surface area contributed by atoms with Gasteiger partial charge in [-0.25, -0.2) is 0 Å². The Morgan fingerprint density at radius 1 is 0.889 bits per heavy atom. The molecular formula is C15H14S3. The lowest BCUT2D eigenvalue weighted by atomic mass is 10.2. The first-order valence-corrected chi connectivity index (χ1v) is 8.58. The van der Waals surface area contributed by atoms with Crippen molar-refractivity contribution >= 4 is 34.0 Å². The molecule has 0 radical (unpaired) electrons. The van der Waals surface area contributed by atoms with Crippen LogP contribution >= 0.6 is 34.0 Å². The Balaban J connectivity index is 2.02. The van der Waals surface area contributed by atoms with Crippen LogP contribution in [0, 0.1) is 6.92 Å². The fraction of sp³-hybridized carbons (Fsp3) is 0.200. The summed E-state index contributed by atoms with van der Waals surface area (Å²) in [6, 6.07) is 8.97. The summed E-state index contributed by atoms with van der Waals surface area (Å²) in [5.41, 5.74) is 2.85. The Morgan fingerprint density at radius 3 is 2.22 bits per heavy atom. The van der Waals surface area contributed by atoms with Gasteiger partial charge in [0.1, 0.15) is 0 Å². The molecule has 0 spiro atoms. The molecule has 0 saturated carbocycles. The van der Waals surface area contributed by atoms with Gasteiger partial charge in [0.2, 0.25) is 0 Å². The van der Waals surface area contributed by atoms with Crippen LogP contribution in [0.5, 0.6) is 0 Å². The maximum absolute atomic E-state index is 2.27.